The summed E-state index contributed by atoms with van der Waals surface area (Å²) in [5.74, 6) is -1.00. The first-order valence-electron chi connectivity index (χ1n) is 8.55. The van der Waals surface area contributed by atoms with Gasteiger partial charge in [0.2, 0.25) is 0 Å². The first kappa shape index (κ1) is 20.6. The predicted octanol–water partition coefficient (Wildman–Crippen LogP) is 5.60. The lowest BCUT2D eigenvalue weighted by atomic mass is 9.86. The molecule has 1 unspecified atom stereocenters. The summed E-state index contributed by atoms with van der Waals surface area (Å²) in [6, 6.07) is 6.70. The van der Waals surface area contributed by atoms with Gasteiger partial charge < -0.3 is 4.84 Å². The zero-order chi connectivity index (χ0) is 21.7. The van der Waals surface area contributed by atoms with Crippen LogP contribution in [0.5, 0.6) is 0 Å². The number of alkyl halides is 3. The monoisotopic (exact) mass is 458 g/mol. The minimum absolute atomic E-state index is 0.0807. The topological polar surface area (TPSA) is 52.3 Å². The van der Waals surface area contributed by atoms with Crippen LogP contribution in [-0.4, -0.2) is 26.7 Å². The van der Waals surface area contributed by atoms with Crippen LogP contribution >= 0.6 is 23.2 Å². The maximum absolute atomic E-state index is 14.1. The van der Waals surface area contributed by atoms with Gasteiger partial charge in [-0.2, -0.15) is 18.3 Å². The molecule has 11 heteroatoms. The standard InChI is InChI=1S/C19H12Cl2F4N4O/c1-10-4-11(2-3-16(10)29-9-26-8-27-29)15-7-18(30-28-15,19(23,24)25)12-5-13(20)17(22)14(21)6-12/h2-6,8-9H,7H2,1H3. The highest BCUT2D eigenvalue weighted by Crippen LogP contribution is 2.50. The van der Waals surface area contributed by atoms with Crippen LogP contribution in [0, 0.1) is 12.7 Å². The number of aromatic nitrogens is 3. The molecular weight excluding hydrogens is 447 g/mol. The van der Waals surface area contributed by atoms with E-state index in [1.165, 1.54) is 17.3 Å². The van der Waals surface area contributed by atoms with Crippen LogP contribution in [0.25, 0.3) is 5.69 Å². The Hall–Kier alpha value is -2.65. The van der Waals surface area contributed by atoms with Gasteiger partial charge in [-0.25, -0.2) is 14.1 Å². The molecule has 0 N–H and O–H groups in total. The molecule has 0 amide bonds. The molecule has 0 bridgehead atoms. The van der Waals surface area contributed by atoms with Crippen molar-refractivity contribution < 1.29 is 22.4 Å². The Morgan fingerprint density at radius 3 is 2.40 bits per heavy atom. The van der Waals surface area contributed by atoms with Crippen molar-refractivity contribution in [1.29, 1.82) is 0 Å². The van der Waals surface area contributed by atoms with Crippen molar-refractivity contribution in [2.45, 2.75) is 25.1 Å². The van der Waals surface area contributed by atoms with E-state index >= 15 is 0 Å². The largest absolute Gasteiger partial charge is 0.435 e. The van der Waals surface area contributed by atoms with Crippen molar-refractivity contribution >= 4 is 28.9 Å². The Morgan fingerprint density at radius 2 is 1.83 bits per heavy atom. The van der Waals surface area contributed by atoms with Gasteiger partial charge in [0.1, 0.15) is 12.7 Å². The van der Waals surface area contributed by atoms with Gasteiger partial charge in [-0.1, -0.05) is 34.4 Å². The third-order valence-electron chi connectivity index (χ3n) is 4.83. The summed E-state index contributed by atoms with van der Waals surface area (Å²) in [5, 5.41) is 6.67. The van der Waals surface area contributed by atoms with Gasteiger partial charge in [-0.15, -0.1) is 0 Å². The number of hydrogen-bond acceptors (Lipinski definition) is 4. The molecule has 2 aromatic carbocycles. The van der Waals surface area contributed by atoms with Gasteiger partial charge in [0.15, 0.2) is 5.82 Å². The molecule has 0 spiro atoms. The second-order valence-corrected chi connectivity index (χ2v) is 7.54. The Bertz CT molecular complexity index is 1120. The van der Waals surface area contributed by atoms with E-state index in [1.54, 1.807) is 25.1 Å². The normalized spacial score (nSPS) is 19.0. The van der Waals surface area contributed by atoms with Gasteiger partial charge in [0.05, 0.1) is 21.4 Å². The smallest absolute Gasteiger partial charge is 0.374 e. The summed E-state index contributed by atoms with van der Waals surface area (Å²) in [5.41, 5.74) is -1.27. The molecule has 3 aromatic rings. The average Bonchev–Trinajstić information content (AvgIpc) is 3.35. The maximum Gasteiger partial charge on any atom is 0.435 e. The third kappa shape index (κ3) is 3.31. The van der Waals surface area contributed by atoms with Crippen LogP contribution in [0.15, 0.2) is 48.1 Å². The van der Waals surface area contributed by atoms with Gasteiger partial charge in [0.25, 0.3) is 5.60 Å². The summed E-state index contributed by atoms with van der Waals surface area (Å²) in [4.78, 5) is 8.82. The quantitative estimate of drug-likeness (QED) is 0.378. The number of oxime groups is 1. The predicted molar refractivity (Wildman–Crippen MR) is 102 cm³/mol. The van der Waals surface area contributed by atoms with Gasteiger partial charge >= 0.3 is 6.18 Å². The van der Waals surface area contributed by atoms with Gasteiger partial charge in [0, 0.05) is 12.0 Å². The van der Waals surface area contributed by atoms with E-state index in [9.17, 15) is 17.6 Å². The third-order valence-corrected chi connectivity index (χ3v) is 5.38. The molecule has 4 rings (SSSR count). The second kappa shape index (κ2) is 7.24. The number of nitrogens with zero attached hydrogens (tertiary/aromatic N) is 4. The Kier molecular flexibility index (Phi) is 4.98. The Morgan fingerprint density at radius 1 is 1.13 bits per heavy atom. The highest BCUT2D eigenvalue weighted by Gasteiger charge is 2.62. The lowest BCUT2D eigenvalue weighted by molar-refractivity contribution is -0.275. The summed E-state index contributed by atoms with van der Waals surface area (Å²) >= 11 is 11.4. The molecule has 0 saturated heterocycles. The SMILES string of the molecule is Cc1cc(C2=NOC(c3cc(Cl)c(F)c(Cl)c3)(C(F)(F)F)C2)ccc1-n1cncn1. The zero-order valence-electron chi connectivity index (χ0n) is 15.2. The van der Waals surface area contributed by atoms with E-state index in [-0.39, 0.29) is 5.71 Å². The lowest BCUT2D eigenvalue weighted by Gasteiger charge is -2.29. The van der Waals surface area contributed by atoms with Crippen LogP contribution in [0.4, 0.5) is 17.6 Å². The number of hydrogen-bond donors (Lipinski definition) is 0. The summed E-state index contributed by atoms with van der Waals surface area (Å²) < 4.78 is 57.5. The molecule has 30 heavy (non-hydrogen) atoms. The van der Waals surface area contributed by atoms with Crippen molar-refractivity contribution in [2.24, 2.45) is 5.16 Å². The van der Waals surface area contributed by atoms with Crippen molar-refractivity contribution in [3.05, 3.63) is 75.5 Å². The minimum atomic E-state index is -4.86. The van der Waals surface area contributed by atoms with Gasteiger partial charge in [-0.05, 0) is 42.3 Å². The van der Waals surface area contributed by atoms with E-state index < -0.39 is 39.6 Å². The van der Waals surface area contributed by atoms with E-state index in [0.717, 1.165) is 23.4 Å². The lowest BCUT2D eigenvalue weighted by Crippen LogP contribution is -2.42. The fourth-order valence-corrected chi connectivity index (χ4v) is 3.76. The summed E-state index contributed by atoms with van der Waals surface area (Å²) in [6.07, 6.45) is -2.61. The Balaban J connectivity index is 1.72. The minimum Gasteiger partial charge on any atom is -0.374 e. The van der Waals surface area contributed by atoms with Crippen LogP contribution < -0.4 is 0 Å². The molecular formula is C19H12Cl2F4N4O. The second-order valence-electron chi connectivity index (χ2n) is 6.73. The summed E-state index contributed by atoms with van der Waals surface area (Å²) in [7, 11) is 0. The number of halogens is 6. The number of benzene rings is 2. The average molecular weight is 459 g/mol. The molecule has 0 saturated carbocycles. The first-order chi connectivity index (χ1) is 14.1. The highest BCUT2D eigenvalue weighted by molar-refractivity contribution is 6.35. The van der Waals surface area contributed by atoms with Crippen molar-refractivity contribution in [2.75, 3.05) is 0 Å². The fraction of sp³-hybridized carbons (Fsp3) is 0.211. The zero-order valence-corrected chi connectivity index (χ0v) is 16.7. The van der Waals surface area contributed by atoms with Crippen molar-refractivity contribution in [3.63, 3.8) is 0 Å². The molecule has 2 heterocycles. The molecule has 0 radical (unpaired) electrons. The van der Waals surface area contributed by atoms with Crippen LogP contribution in [0.2, 0.25) is 10.0 Å². The molecule has 0 aliphatic carbocycles. The molecule has 1 aliphatic rings. The maximum atomic E-state index is 14.1. The Labute approximate surface area is 177 Å². The van der Waals surface area contributed by atoms with Crippen LogP contribution in [0.1, 0.15) is 23.1 Å². The van der Waals surface area contributed by atoms with Crippen LogP contribution in [0.3, 0.4) is 0 Å². The molecule has 5 nitrogen and oxygen atoms in total. The molecule has 0 fully saturated rings. The van der Waals surface area contributed by atoms with E-state index in [0.29, 0.717) is 5.56 Å². The van der Waals surface area contributed by atoms with E-state index in [2.05, 4.69) is 15.2 Å². The van der Waals surface area contributed by atoms with Crippen molar-refractivity contribution in [3.8, 4) is 5.69 Å². The van der Waals surface area contributed by atoms with Crippen LogP contribution in [-0.2, 0) is 10.4 Å². The number of aryl methyl sites for hydroxylation is 1. The molecule has 1 aromatic heterocycles. The van der Waals surface area contributed by atoms with Gasteiger partial charge in [-0.3, -0.25) is 0 Å². The first-order valence-corrected chi connectivity index (χ1v) is 9.31. The number of rotatable bonds is 3. The fourth-order valence-electron chi connectivity index (χ4n) is 3.27. The van der Waals surface area contributed by atoms with Crippen molar-refractivity contribution in [1.82, 2.24) is 14.8 Å². The molecule has 156 valence electrons. The summed E-state index contributed by atoms with van der Waals surface area (Å²) in [6.45, 7) is 1.79. The van der Waals surface area contributed by atoms with E-state index in [1.807, 2.05) is 0 Å². The van der Waals surface area contributed by atoms with E-state index in [4.69, 9.17) is 28.0 Å². The molecule has 1 atom stereocenters. The highest BCUT2D eigenvalue weighted by atomic mass is 35.5. The molecule has 1 aliphatic heterocycles.